The van der Waals surface area contributed by atoms with Crippen molar-refractivity contribution < 1.29 is 9.90 Å². The molecule has 2 fully saturated rings. The molecule has 3 nitrogen and oxygen atoms in total. The molecule has 1 unspecified atom stereocenters. The molecule has 2 rings (SSSR count). The van der Waals surface area contributed by atoms with Gasteiger partial charge in [0.15, 0.2) is 0 Å². The van der Waals surface area contributed by atoms with Gasteiger partial charge in [0.2, 0.25) is 5.91 Å². The Labute approximate surface area is 104 Å². The van der Waals surface area contributed by atoms with Crippen LogP contribution in [0.4, 0.5) is 0 Å². The Morgan fingerprint density at radius 2 is 2.00 bits per heavy atom. The highest BCUT2D eigenvalue weighted by Gasteiger charge is 2.35. The second-order valence-electron chi connectivity index (χ2n) is 5.98. The first kappa shape index (κ1) is 12.9. The van der Waals surface area contributed by atoms with Crippen LogP contribution in [0, 0.1) is 11.8 Å². The molecule has 0 radical (unpaired) electrons. The van der Waals surface area contributed by atoms with Crippen molar-refractivity contribution in [3.8, 4) is 0 Å². The van der Waals surface area contributed by atoms with Crippen molar-refractivity contribution >= 4 is 5.91 Å². The van der Waals surface area contributed by atoms with Crippen molar-refractivity contribution in [3.05, 3.63) is 0 Å². The molecule has 1 aliphatic carbocycles. The average molecular weight is 239 g/mol. The number of nitrogens with zero attached hydrogens (tertiary/aromatic N) is 1. The Morgan fingerprint density at radius 3 is 2.59 bits per heavy atom. The van der Waals surface area contributed by atoms with Gasteiger partial charge in [-0.3, -0.25) is 4.79 Å². The van der Waals surface area contributed by atoms with E-state index in [2.05, 4.69) is 13.8 Å². The van der Waals surface area contributed by atoms with Crippen LogP contribution in [-0.2, 0) is 4.79 Å². The summed E-state index contributed by atoms with van der Waals surface area (Å²) < 4.78 is 0. The normalized spacial score (nSPS) is 35.4. The summed E-state index contributed by atoms with van der Waals surface area (Å²) in [6, 6.07) is 0.105. The molecule has 17 heavy (non-hydrogen) atoms. The summed E-state index contributed by atoms with van der Waals surface area (Å²) in [7, 11) is 0. The third-order valence-electron chi connectivity index (χ3n) is 4.58. The highest BCUT2D eigenvalue weighted by molar-refractivity contribution is 5.76. The Balaban J connectivity index is 2.00. The van der Waals surface area contributed by atoms with Gasteiger partial charge in [-0.05, 0) is 43.9 Å². The zero-order valence-corrected chi connectivity index (χ0v) is 11.1. The Kier molecular flexibility index (Phi) is 4.08. The number of rotatable bonds is 2. The van der Waals surface area contributed by atoms with Gasteiger partial charge in [-0.15, -0.1) is 0 Å². The molecule has 98 valence electrons. The first-order valence-corrected chi connectivity index (χ1v) is 7.07. The molecule has 1 aliphatic heterocycles. The lowest BCUT2D eigenvalue weighted by Gasteiger charge is -2.30. The molecule has 0 bridgehead atoms. The van der Waals surface area contributed by atoms with Gasteiger partial charge in [0.1, 0.15) is 0 Å². The minimum Gasteiger partial charge on any atom is -0.391 e. The minimum atomic E-state index is -0.283. The van der Waals surface area contributed by atoms with Crippen molar-refractivity contribution in [3.63, 3.8) is 0 Å². The lowest BCUT2D eigenvalue weighted by atomic mass is 9.89. The van der Waals surface area contributed by atoms with E-state index in [4.69, 9.17) is 0 Å². The monoisotopic (exact) mass is 239 g/mol. The highest BCUT2D eigenvalue weighted by atomic mass is 16.3. The zero-order chi connectivity index (χ0) is 12.4. The fraction of sp³-hybridized carbons (Fsp3) is 0.929. The van der Waals surface area contributed by atoms with Gasteiger partial charge >= 0.3 is 0 Å². The van der Waals surface area contributed by atoms with E-state index in [1.165, 1.54) is 0 Å². The van der Waals surface area contributed by atoms with E-state index in [1.807, 2.05) is 4.90 Å². The number of likely N-dealkylation sites (tertiary alicyclic amines) is 1. The maximum atomic E-state index is 12.1. The summed E-state index contributed by atoms with van der Waals surface area (Å²) in [6.07, 6.45) is 5.42. The molecule has 1 saturated heterocycles. The molecule has 1 heterocycles. The van der Waals surface area contributed by atoms with Crippen molar-refractivity contribution in [2.75, 3.05) is 6.54 Å². The minimum absolute atomic E-state index is 0.105. The van der Waals surface area contributed by atoms with Crippen LogP contribution in [-0.4, -0.2) is 34.6 Å². The molecule has 1 amide bonds. The van der Waals surface area contributed by atoms with E-state index < -0.39 is 0 Å². The quantitative estimate of drug-likeness (QED) is 0.802. The van der Waals surface area contributed by atoms with Crippen LogP contribution >= 0.6 is 0 Å². The predicted octanol–water partition coefficient (Wildman–Crippen LogP) is 2.18. The molecule has 0 aromatic carbocycles. The van der Waals surface area contributed by atoms with E-state index >= 15 is 0 Å². The summed E-state index contributed by atoms with van der Waals surface area (Å²) in [5.74, 6) is 1.60. The van der Waals surface area contributed by atoms with Crippen LogP contribution in [0.5, 0.6) is 0 Å². The van der Waals surface area contributed by atoms with E-state index in [9.17, 15) is 9.90 Å². The van der Waals surface area contributed by atoms with Crippen molar-refractivity contribution in [1.82, 2.24) is 4.90 Å². The first-order valence-electron chi connectivity index (χ1n) is 7.07. The van der Waals surface area contributed by atoms with Crippen molar-refractivity contribution in [2.45, 2.75) is 64.5 Å². The summed E-state index contributed by atoms with van der Waals surface area (Å²) in [4.78, 5) is 14.1. The first-order chi connectivity index (χ1) is 8.09. The van der Waals surface area contributed by atoms with Crippen LogP contribution < -0.4 is 0 Å². The number of carbonyl (C=O) groups is 1. The van der Waals surface area contributed by atoms with Crippen molar-refractivity contribution in [2.24, 2.45) is 11.8 Å². The van der Waals surface area contributed by atoms with Gasteiger partial charge in [-0.25, -0.2) is 0 Å². The van der Waals surface area contributed by atoms with Gasteiger partial charge in [0.05, 0.1) is 12.1 Å². The molecule has 0 spiro atoms. The lowest BCUT2D eigenvalue weighted by Crippen LogP contribution is -2.44. The SMILES string of the molecule is CC(C)C1CCC(=O)N([C@H]2CCC[C@@H]2O)CC1. The van der Waals surface area contributed by atoms with Crippen LogP contribution in [0.3, 0.4) is 0 Å². The Bertz CT molecular complexity index is 277. The highest BCUT2D eigenvalue weighted by Crippen LogP contribution is 2.30. The van der Waals surface area contributed by atoms with Crippen LogP contribution in [0.1, 0.15) is 52.4 Å². The van der Waals surface area contributed by atoms with Gasteiger partial charge in [-0.1, -0.05) is 13.8 Å². The summed E-state index contributed by atoms with van der Waals surface area (Å²) >= 11 is 0. The van der Waals surface area contributed by atoms with Crippen LogP contribution in [0.25, 0.3) is 0 Å². The molecular weight excluding hydrogens is 214 g/mol. The third-order valence-corrected chi connectivity index (χ3v) is 4.58. The second kappa shape index (κ2) is 5.38. The number of aliphatic hydroxyl groups is 1. The lowest BCUT2D eigenvalue weighted by molar-refractivity contribution is -0.134. The molecule has 0 aromatic rings. The van der Waals surface area contributed by atoms with E-state index in [1.54, 1.807) is 0 Å². The number of hydrogen-bond donors (Lipinski definition) is 1. The number of aliphatic hydroxyl groups excluding tert-OH is 1. The molecule has 1 N–H and O–H groups in total. The predicted molar refractivity (Wildman–Crippen MR) is 67.5 cm³/mol. The third kappa shape index (κ3) is 2.82. The van der Waals surface area contributed by atoms with Crippen LogP contribution in [0.2, 0.25) is 0 Å². The molecular formula is C14H25NO2. The molecule has 1 saturated carbocycles. The maximum absolute atomic E-state index is 12.1. The van der Waals surface area contributed by atoms with E-state index in [0.29, 0.717) is 18.3 Å². The van der Waals surface area contributed by atoms with Gasteiger partial charge in [0, 0.05) is 13.0 Å². The molecule has 2 aliphatic rings. The number of hydrogen-bond acceptors (Lipinski definition) is 2. The van der Waals surface area contributed by atoms with Crippen molar-refractivity contribution in [1.29, 1.82) is 0 Å². The second-order valence-corrected chi connectivity index (χ2v) is 5.98. The number of carbonyl (C=O) groups excluding carboxylic acids is 1. The van der Waals surface area contributed by atoms with Crippen LogP contribution in [0.15, 0.2) is 0 Å². The zero-order valence-electron chi connectivity index (χ0n) is 11.1. The Hall–Kier alpha value is -0.570. The van der Waals surface area contributed by atoms with Gasteiger partial charge in [-0.2, -0.15) is 0 Å². The van der Waals surface area contributed by atoms with E-state index in [0.717, 1.165) is 38.6 Å². The fourth-order valence-electron chi connectivity index (χ4n) is 3.33. The Morgan fingerprint density at radius 1 is 1.24 bits per heavy atom. The topological polar surface area (TPSA) is 40.5 Å². The molecule has 3 atom stereocenters. The largest absolute Gasteiger partial charge is 0.391 e. The van der Waals surface area contributed by atoms with Gasteiger partial charge < -0.3 is 10.0 Å². The summed E-state index contributed by atoms with van der Waals surface area (Å²) in [5, 5.41) is 9.93. The summed E-state index contributed by atoms with van der Waals surface area (Å²) in [5.41, 5.74) is 0. The average Bonchev–Trinajstić information content (AvgIpc) is 2.58. The fourth-order valence-corrected chi connectivity index (χ4v) is 3.33. The molecule has 3 heteroatoms. The number of amides is 1. The standard InChI is InChI=1S/C14H25NO2/c1-10(2)11-6-7-14(17)15(9-8-11)12-4-3-5-13(12)16/h10-13,16H,3-9H2,1-2H3/t11?,12-,13-/m0/s1. The molecule has 0 aromatic heterocycles. The smallest absolute Gasteiger partial charge is 0.222 e. The maximum Gasteiger partial charge on any atom is 0.222 e. The summed E-state index contributed by atoms with van der Waals surface area (Å²) in [6.45, 7) is 5.34. The van der Waals surface area contributed by atoms with Gasteiger partial charge in [0.25, 0.3) is 0 Å². The van der Waals surface area contributed by atoms with E-state index in [-0.39, 0.29) is 18.1 Å².